The van der Waals surface area contributed by atoms with Crippen molar-refractivity contribution in [1.82, 2.24) is 4.98 Å². The van der Waals surface area contributed by atoms with Crippen molar-refractivity contribution < 1.29 is 23.9 Å². The number of rotatable bonds is 6. The number of methoxy groups -OCH3 is 1. The molecule has 7 nitrogen and oxygen atoms in total. The molecule has 1 amide bonds. The van der Waals surface area contributed by atoms with Crippen LogP contribution in [0.25, 0.3) is 0 Å². The molecule has 0 saturated heterocycles. The predicted molar refractivity (Wildman–Crippen MR) is 91.7 cm³/mol. The molecule has 2 rings (SSSR count). The van der Waals surface area contributed by atoms with E-state index >= 15 is 0 Å². The lowest BCUT2D eigenvalue weighted by atomic mass is 10.1. The molecular formula is C15H13BrN2O5S. The van der Waals surface area contributed by atoms with Gasteiger partial charge < -0.3 is 14.8 Å². The molecule has 9 heteroatoms. The first kappa shape index (κ1) is 18.1. The summed E-state index contributed by atoms with van der Waals surface area (Å²) >= 11 is 4.38. The van der Waals surface area contributed by atoms with Crippen molar-refractivity contribution in [3.8, 4) is 5.75 Å². The quantitative estimate of drug-likeness (QED) is 0.578. The van der Waals surface area contributed by atoms with E-state index in [-0.39, 0.29) is 17.4 Å². The first-order valence-corrected chi connectivity index (χ1v) is 8.35. The molecule has 0 bridgehead atoms. The molecule has 1 N–H and O–H groups in total. The Balaban J connectivity index is 1.95. The summed E-state index contributed by atoms with van der Waals surface area (Å²) in [5.74, 6) is -0.783. The second-order valence-electron chi connectivity index (χ2n) is 4.57. The maximum absolute atomic E-state index is 12.1. The fourth-order valence-corrected chi connectivity index (χ4v) is 2.97. The Labute approximate surface area is 150 Å². The number of esters is 1. The maximum Gasteiger partial charge on any atom is 0.358 e. The Morgan fingerprint density at radius 2 is 2.08 bits per heavy atom. The van der Waals surface area contributed by atoms with Crippen LogP contribution in [-0.2, 0) is 9.53 Å². The minimum absolute atomic E-state index is 0.0347. The number of ketones is 1. The molecule has 126 valence electrons. The maximum atomic E-state index is 12.1. The number of Topliss-reactive ketones (excluding diaryl/α,β-unsaturated/α-hetero) is 1. The van der Waals surface area contributed by atoms with Crippen LogP contribution in [0.5, 0.6) is 5.75 Å². The Bertz CT molecular complexity index is 790. The second kappa shape index (κ2) is 8.02. The fourth-order valence-electron chi connectivity index (χ4n) is 1.70. The van der Waals surface area contributed by atoms with Gasteiger partial charge in [-0.15, -0.1) is 11.3 Å². The van der Waals surface area contributed by atoms with Crippen LogP contribution in [0.15, 0.2) is 28.1 Å². The summed E-state index contributed by atoms with van der Waals surface area (Å²) in [7, 11) is 1.52. The van der Waals surface area contributed by atoms with Gasteiger partial charge in [0.1, 0.15) is 5.75 Å². The van der Waals surface area contributed by atoms with Gasteiger partial charge in [-0.3, -0.25) is 9.59 Å². The minimum Gasteiger partial charge on any atom is -0.496 e. The fraction of sp³-hybridized carbons (Fsp3) is 0.200. The van der Waals surface area contributed by atoms with Gasteiger partial charge in [-0.2, -0.15) is 0 Å². The summed E-state index contributed by atoms with van der Waals surface area (Å²) < 4.78 is 10.7. The average molecular weight is 413 g/mol. The van der Waals surface area contributed by atoms with Gasteiger partial charge in [0.25, 0.3) is 0 Å². The number of amides is 1. The van der Waals surface area contributed by atoms with E-state index in [9.17, 15) is 14.4 Å². The normalized spacial score (nSPS) is 10.1. The van der Waals surface area contributed by atoms with Gasteiger partial charge in [0.15, 0.2) is 23.2 Å². The summed E-state index contributed by atoms with van der Waals surface area (Å²) in [5, 5.41) is 4.20. The number of halogens is 1. The zero-order valence-electron chi connectivity index (χ0n) is 12.8. The number of hydrogen-bond acceptors (Lipinski definition) is 7. The monoisotopic (exact) mass is 412 g/mol. The van der Waals surface area contributed by atoms with Crippen LogP contribution in [0.3, 0.4) is 0 Å². The lowest BCUT2D eigenvalue weighted by molar-refractivity contribution is -0.114. The minimum atomic E-state index is -0.733. The second-order valence-corrected chi connectivity index (χ2v) is 6.28. The molecule has 2 aromatic rings. The predicted octanol–water partition coefficient (Wildman–Crippen LogP) is 2.91. The van der Waals surface area contributed by atoms with Gasteiger partial charge >= 0.3 is 5.97 Å². The molecule has 0 fully saturated rings. The molecule has 0 aliphatic heterocycles. The van der Waals surface area contributed by atoms with E-state index < -0.39 is 12.6 Å². The van der Waals surface area contributed by atoms with E-state index in [2.05, 4.69) is 26.2 Å². The van der Waals surface area contributed by atoms with Crippen LogP contribution in [0.1, 0.15) is 27.8 Å². The van der Waals surface area contributed by atoms with Gasteiger partial charge in [-0.05, 0) is 34.1 Å². The van der Waals surface area contributed by atoms with Crippen molar-refractivity contribution in [2.45, 2.75) is 6.92 Å². The first-order chi connectivity index (χ1) is 11.4. The molecule has 1 aromatic heterocycles. The van der Waals surface area contributed by atoms with Crippen LogP contribution in [0.4, 0.5) is 5.13 Å². The standard InChI is InChI=1S/C15H13BrN2O5S/c1-8(19)17-15-18-11(7-24-15)14(21)23-6-12(20)9-3-4-13(22-2)10(16)5-9/h3-5,7H,6H2,1-2H3,(H,17,18,19). The zero-order valence-corrected chi connectivity index (χ0v) is 15.2. The lowest BCUT2D eigenvalue weighted by Crippen LogP contribution is -2.15. The third-order valence-electron chi connectivity index (χ3n) is 2.80. The molecule has 0 spiro atoms. The van der Waals surface area contributed by atoms with Crippen molar-refractivity contribution in [3.05, 3.63) is 39.3 Å². The van der Waals surface area contributed by atoms with Gasteiger partial charge in [0.2, 0.25) is 5.91 Å². The number of anilines is 1. The first-order valence-electron chi connectivity index (χ1n) is 6.67. The SMILES string of the molecule is COc1ccc(C(=O)COC(=O)c2csc(NC(C)=O)n2)cc1Br. The molecule has 0 unspecified atom stereocenters. The zero-order chi connectivity index (χ0) is 17.7. The molecule has 1 heterocycles. The van der Waals surface area contributed by atoms with Crippen LogP contribution >= 0.6 is 27.3 Å². The van der Waals surface area contributed by atoms with E-state index in [4.69, 9.17) is 9.47 Å². The highest BCUT2D eigenvalue weighted by Crippen LogP contribution is 2.25. The number of ether oxygens (including phenoxy) is 2. The number of benzene rings is 1. The third kappa shape index (κ3) is 4.62. The van der Waals surface area contributed by atoms with E-state index in [1.807, 2.05) is 0 Å². The van der Waals surface area contributed by atoms with Crippen molar-refractivity contribution >= 4 is 50.1 Å². The smallest absolute Gasteiger partial charge is 0.358 e. The lowest BCUT2D eigenvalue weighted by Gasteiger charge is -2.06. The Morgan fingerprint density at radius 1 is 1.33 bits per heavy atom. The van der Waals surface area contributed by atoms with Crippen molar-refractivity contribution in [2.75, 3.05) is 19.0 Å². The van der Waals surface area contributed by atoms with Crippen molar-refractivity contribution in [2.24, 2.45) is 0 Å². The Morgan fingerprint density at radius 3 is 2.71 bits per heavy atom. The number of nitrogens with one attached hydrogen (secondary N) is 1. The van der Waals surface area contributed by atoms with Gasteiger partial charge in [-0.1, -0.05) is 0 Å². The molecule has 0 atom stereocenters. The van der Waals surface area contributed by atoms with Gasteiger partial charge in [0.05, 0.1) is 11.6 Å². The number of carbonyl (C=O) groups excluding carboxylic acids is 3. The Kier molecular flexibility index (Phi) is 6.04. The van der Waals surface area contributed by atoms with E-state index in [1.165, 1.54) is 19.4 Å². The molecule has 0 aliphatic carbocycles. The molecule has 1 aromatic carbocycles. The molecule has 24 heavy (non-hydrogen) atoms. The summed E-state index contributed by atoms with van der Waals surface area (Å²) in [5.41, 5.74) is 0.417. The third-order valence-corrected chi connectivity index (χ3v) is 4.18. The van der Waals surface area contributed by atoms with Gasteiger partial charge in [-0.25, -0.2) is 9.78 Å². The van der Waals surface area contributed by atoms with E-state index in [0.717, 1.165) is 11.3 Å². The average Bonchev–Trinajstić information content (AvgIpc) is 2.99. The summed E-state index contributed by atoms with van der Waals surface area (Å²) in [6.07, 6.45) is 0. The highest BCUT2D eigenvalue weighted by Gasteiger charge is 2.16. The van der Waals surface area contributed by atoms with Crippen LogP contribution in [0, 0.1) is 0 Å². The highest BCUT2D eigenvalue weighted by atomic mass is 79.9. The molecule has 0 aliphatic rings. The number of carbonyl (C=O) groups is 3. The molecular weight excluding hydrogens is 400 g/mol. The van der Waals surface area contributed by atoms with E-state index in [0.29, 0.717) is 20.9 Å². The summed E-state index contributed by atoms with van der Waals surface area (Å²) in [6, 6.07) is 4.81. The number of aromatic nitrogens is 1. The van der Waals surface area contributed by atoms with Gasteiger partial charge in [0, 0.05) is 17.9 Å². The number of nitrogens with zero attached hydrogens (tertiary/aromatic N) is 1. The van der Waals surface area contributed by atoms with Crippen LogP contribution in [-0.4, -0.2) is 36.4 Å². The van der Waals surface area contributed by atoms with Crippen molar-refractivity contribution in [1.29, 1.82) is 0 Å². The Hall–Kier alpha value is -2.26. The number of thiazole rings is 1. The topological polar surface area (TPSA) is 94.6 Å². The highest BCUT2D eigenvalue weighted by molar-refractivity contribution is 9.10. The number of hydrogen-bond donors (Lipinski definition) is 1. The van der Waals surface area contributed by atoms with Crippen LogP contribution in [0.2, 0.25) is 0 Å². The molecule has 0 saturated carbocycles. The summed E-state index contributed by atoms with van der Waals surface area (Å²) in [4.78, 5) is 38.8. The van der Waals surface area contributed by atoms with Crippen LogP contribution < -0.4 is 10.1 Å². The van der Waals surface area contributed by atoms with Crippen molar-refractivity contribution in [3.63, 3.8) is 0 Å². The summed E-state index contributed by atoms with van der Waals surface area (Å²) in [6.45, 7) is 0.926. The van der Waals surface area contributed by atoms with E-state index in [1.54, 1.807) is 18.2 Å². The molecule has 0 radical (unpaired) electrons. The largest absolute Gasteiger partial charge is 0.496 e.